The van der Waals surface area contributed by atoms with Gasteiger partial charge in [-0.2, -0.15) is 0 Å². The molecule has 2 N–H and O–H groups in total. The normalized spacial score (nSPS) is 28.1. The average molecular weight is 275 g/mol. The van der Waals surface area contributed by atoms with Crippen molar-refractivity contribution in [1.29, 1.82) is 0 Å². The third-order valence-corrected chi connectivity index (χ3v) is 4.11. The summed E-state index contributed by atoms with van der Waals surface area (Å²) in [6.45, 7) is 0. The molecular formula is C13H14FN5O. The first-order valence-corrected chi connectivity index (χ1v) is 6.71. The smallest absolute Gasteiger partial charge is 0.185 e. The number of halogens is 1. The second-order valence-corrected chi connectivity index (χ2v) is 5.36. The summed E-state index contributed by atoms with van der Waals surface area (Å²) in [4.78, 5) is 0. The number of hydrogen-bond donors (Lipinski definition) is 1. The van der Waals surface area contributed by atoms with Crippen LogP contribution in [0.25, 0.3) is 11.4 Å². The maximum absolute atomic E-state index is 14.0. The van der Waals surface area contributed by atoms with Crippen molar-refractivity contribution < 1.29 is 9.13 Å². The highest BCUT2D eigenvalue weighted by Gasteiger charge is 2.43. The van der Waals surface area contributed by atoms with Crippen LogP contribution < -0.4 is 5.73 Å². The van der Waals surface area contributed by atoms with Gasteiger partial charge in [-0.3, -0.25) is 0 Å². The van der Waals surface area contributed by atoms with E-state index < -0.39 is 0 Å². The predicted molar refractivity (Wildman–Crippen MR) is 69.2 cm³/mol. The summed E-state index contributed by atoms with van der Waals surface area (Å²) in [6.07, 6.45) is 3.39. The monoisotopic (exact) mass is 275 g/mol. The number of fused-ring (bicyclic) bond motifs is 2. The molecule has 104 valence electrons. The molecule has 3 heterocycles. The third kappa shape index (κ3) is 1.70. The molecule has 1 aromatic heterocycles. The molecule has 2 saturated heterocycles. The van der Waals surface area contributed by atoms with E-state index in [2.05, 4.69) is 15.5 Å². The van der Waals surface area contributed by atoms with Gasteiger partial charge in [0, 0.05) is 5.69 Å². The van der Waals surface area contributed by atoms with Crippen LogP contribution in [0.5, 0.6) is 0 Å². The molecule has 3 unspecified atom stereocenters. The summed E-state index contributed by atoms with van der Waals surface area (Å²) in [7, 11) is 0. The van der Waals surface area contributed by atoms with E-state index in [-0.39, 0.29) is 24.1 Å². The fourth-order valence-electron chi connectivity index (χ4n) is 3.18. The number of hydrogen-bond acceptors (Lipinski definition) is 5. The SMILES string of the molecule is Nc1ccc(F)c(-c2nnnn2C2CC3CCC2O3)c1. The van der Waals surface area contributed by atoms with Gasteiger partial charge in [-0.05, 0) is 47.9 Å². The molecule has 20 heavy (non-hydrogen) atoms. The van der Waals surface area contributed by atoms with E-state index in [1.807, 2.05) is 0 Å². The molecule has 1 aromatic carbocycles. The van der Waals surface area contributed by atoms with Gasteiger partial charge in [-0.25, -0.2) is 9.07 Å². The molecule has 3 atom stereocenters. The van der Waals surface area contributed by atoms with Crippen LogP contribution in [0.1, 0.15) is 25.3 Å². The Morgan fingerprint density at radius 2 is 2.25 bits per heavy atom. The lowest BCUT2D eigenvalue weighted by atomic mass is 9.95. The van der Waals surface area contributed by atoms with Crippen molar-refractivity contribution in [3.05, 3.63) is 24.0 Å². The van der Waals surface area contributed by atoms with Crippen LogP contribution in [0.15, 0.2) is 18.2 Å². The zero-order chi connectivity index (χ0) is 13.7. The van der Waals surface area contributed by atoms with Crippen LogP contribution in [-0.2, 0) is 4.74 Å². The Bertz CT molecular complexity index is 658. The van der Waals surface area contributed by atoms with E-state index in [4.69, 9.17) is 10.5 Å². The van der Waals surface area contributed by atoms with E-state index in [1.54, 1.807) is 10.7 Å². The minimum Gasteiger partial charge on any atom is -0.399 e. The van der Waals surface area contributed by atoms with Crippen molar-refractivity contribution in [2.75, 3.05) is 5.73 Å². The van der Waals surface area contributed by atoms with Gasteiger partial charge in [0.1, 0.15) is 5.82 Å². The molecule has 2 aliphatic rings. The lowest BCUT2D eigenvalue weighted by Crippen LogP contribution is -2.23. The Labute approximate surface area is 114 Å². The fraction of sp³-hybridized carbons (Fsp3) is 0.462. The lowest BCUT2D eigenvalue weighted by molar-refractivity contribution is 0.0921. The number of nitrogen functional groups attached to an aromatic ring is 1. The molecule has 0 amide bonds. The maximum atomic E-state index is 14.0. The quantitative estimate of drug-likeness (QED) is 0.841. The average Bonchev–Trinajstić information content (AvgIpc) is 3.15. The number of ether oxygens (including phenoxy) is 1. The zero-order valence-corrected chi connectivity index (χ0v) is 10.7. The second kappa shape index (κ2) is 4.24. The molecule has 0 aliphatic carbocycles. The number of benzene rings is 1. The van der Waals surface area contributed by atoms with Crippen molar-refractivity contribution >= 4 is 5.69 Å². The first-order valence-electron chi connectivity index (χ1n) is 6.71. The first-order chi connectivity index (χ1) is 9.72. The number of anilines is 1. The van der Waals surface area contributed by atoms with Crippen LogP contribution >= 0.6 is 0 Å². The molecule has 6 nitrogen and oxygen atoms in total. The van der Waals surface area contributed by atoms with Gasteiger partial charge in [-0.1, -0.05) is 0 Å². The van der Waals surface area contributed by atoms with E-state index in [1.165, 1.54) is 12.1 Å². The summed E-state index contributed by atoms with van der Waals surface area (Å²) in [5.41, 5.74) is 6.55. The summed E-state index contributed by atoms with van der Waals surface area (Å²) in [5.74, 6) is 0.0373. The molecule has 2 bridgehead atoms. The highest BCUT2D eigenvalue weighted by atomic mass is 19.1. The van der Waals surface area contributed by atoms with Crippen LogP contribution in [0.3, 0.4) is 0 Å². The molecule has 0 spiro atoms. The highest BCUT2D eigenvalue weighted by molar-refractivity contribution is 5.61. The van der Waals surface area contributed by atoms with Crippen molar-refractivity contribution in [2.24, 2.45) is 0 Å². The van der Waals surface area contributed by atoms with Crippen LogP contribution in [0.2, 0.25) is 0 Å². The first kappa shape index (κ1) is 11.8. The minimum absolute atomic E-state index is 0.0829. The van der Waals surface area contributed by atoms with E-state index in [9.17, 15) is 4.39 Å². The Morgan fingerprint density at radius 1 is 1.35 bits per heavy atom. The molecule has 0 radical (unpaired) electrons. The van der Waals surface area contributed by atoms with E-state index in [0.717, 1.165) is 19.3 Å². The van der Waals surface area contributed by atoms with Gasteiger partial charge in [-0.15, -0.1) is 5.10 Å². The Kier molecular flexibility index (Phi) is 2.50. The molecule has 7 heteroatoms. The van der Waals surface area contributed by atoms with Gasteiger partial charge in [0.2, 0.25) is 0 Å². The van der Waals surface area contributed by atoms with Crippen molar-refractivity contribution in [3.8, 4) is 11.4 Å². The summed E-state index contributed by atoms with van der Waals surface area (Å²) < 4.78 is 21.5. The van der Waals surface area contributed by atoms with Gasteiger partial charge >= 0.3 is 0 Å². The van der Waals surface area contributed by atoms with E-state index >= 15 is 0 Å². The van der Waals surface area contributed by atoms with Gasteiger partial charge in [0.05, 0.1) is 23.8 Å². The van der Waals surface area contributed by atoms with Crippen LogP contribution in [0.4, 0.5) is 10.1 Å². The Hall–Kier alpha value is -2.02. The summed E-state index contributed by atoms with van der Waals surface area (Å²) >= 11 is 0. The fourth-order valence-corrected chi connectivity index (χ4v) is 3.18. The number of nitrogens with two attached hydrogens (primary N) is 1. The largest absolute Gasteiger partial charge is 0.399 e. The van der Waals surface area contributed by atoms with Crippen molar-refractivity contribution in [1.82, 2.24) is 20.2 Å². The summed E-state index contributed by atoms with van der Waals surface area (Å²) in [6, 6.07) is 4.50. The molecule has 2 fully saturated rings. The molecule has 0 saturated carbocycles. The topological polar surface area (TPSA) is 78.9 Å². The third-order valence-electron chi connectivity index (χ3n) is 4.11. The van der Waals surface area contributed by atoms with Gasteiger partial charge in [0.25, 0.3) is 0 Å². The number of tetrazole rings is 1. The second-order valence-electron chi connectivity index (χ2n) is 5.36. The number of aromatic nitrogens is 4. The molecular weight excluding hydrogens is 261 g/mol. The maximum Gasteiger partial charge on any atom is 0.185 e. The predicted octanol–water partition coefficient (Wildman–Crippen LogP) is 1.55. The molecule has 4 rings (SSSR count). The molecule has 2 aromatic rings. The summed E-state index contributed by atoms with van der Waals surface area (Å²) in [5, 5.41) is 11.7. The van der Waals surface area contributed by atoms with Gasteiger partial charge < -0.3 is 10.5 Å². The van der Waals surface area contributed by atoms with Crippen LogP contribution in [-0.4, -0.2) is 32.4 Å². The van der Waals surface area contributed by atoms with E-state index in [0.29, 0.717) is 17.1 Å². The van der Waals surface area contributed by atoms with Crippen molar-refractivity contribution in [3.63, 3.8) is 0 Å². The van der Waals surface area contributed by atoms with Crippen molar-refractivity contribution in [2.45, 2.75) is 37.5 Å². The van der Waals surface area contributed by atoms with Crippen LogP contribution in [0, 0.1) is 5.82 Å². The standard InChI is InChI=1S/C13H14FN5O/c14-10-3-1-7(15)5-9(10)13-16-17-18-19(13)11-6-8-2-4-12(11)20-8/h1,3,5,8,11-12H,2,4,6,15H2. The van der Waals surface area contributed by atoms with Gasteiger partial charge in [0.15, 0.2) is 5.82 Å². The molecule has 2 aliphatic heterocycles. The Balaban J connectivity index is 1.77. The number of rotatable bonds is 2. The number of nitrogens with zero attached hydrogens (tertiary/aromatic N) is 4. The lowest BCUT2D eigenvalue weighted by Gasteiger charge is -2.19. The Morgan fingerprint density at radius 3 is 3.00 bits per heavy atom. The highest BCUT2D eigenvalue weighted by Crippen LogP contribution is 2.42. The minimum atomic E-state index is -0.376. The zero-order valence-electron chi connectivity index (χ0n) is 10.7.